The quantitative estimate of drug-likeness (QED) is 0.662. The lowest BCUT2D eigenvalue weighted by atomic mass is 10.2. The van der Waals surface area contributed by atoms with Gasteiger partial charge in [-0.3, -0.25) is 0 Å². The third-order valence-corrected chi connectivity index (χ3v) is 2.77. The Kier molecular flexibility index (Phi) is 2.78. The number of hydrogen-bond donors (Lipinski definition) is 0. The van der Waals surface area contributed by atoms with Crippen molar-refractivity contribution >= 4 is 28.8 Å². The summed E-state index contributed by atoms with van der Waals surface area (Å²) in [6.45, 7) is 0. The zero-order chi connectivity index (χ0) is 12.4. The van der Waals surface area contributed by atoms with Gasteiger partial charge in [0.15, 0.2) is 0 Å². The number of halogens is 1. The summed E-state index contributed by atoms with van der Waals surface area (Å²) in [5.41, 5.74) is 2.66. The van der Waals surface area contributed by atoms with Crippen molar-refractivity contribution in [3.63, 3.8) is 0 Å². The van der Waals surface area contributed by atoms with Crippen LogP contribution < -0.4 is 0 Å². The summed E-state index contributed by atoms with van der Waals surface area (Å²) in [6.07, 6.45) is 1.72. The van der Waals surface area contributed by atoms with Crippen LogP contribution in [0.1, 0.15) is 5.56 Å². The molecule has 18 heavy (non-hydrogen) atoms. The summed E-state index contributed by atoms with van der Waals surface area (Å²) in [6, 6.07) is 15.1. The summed E-state index contributed by atoms with van der Waals surface area (Å²) < 4.78 is 0. The maximum Gasteiger partial charge on any atom is 0.115 e. The Bertz CT molecular complexity index is 700. The highest BCUT2D eigenvalue weighted by molar-refractivity contribution is 6.30. The Hall–Kier alpha value is -2.20. The van der Waals surface area contributed by atoms with E-state index in [9.17, 15) is 0 Å². The maximum absolute atomic E-state index is 5.82. The van der Waals surface area contributed by atoms with Gasteiger partial charge in [-0.05, 0) is 35.0 Å². The summed E-state index contributed by atoms with van der Waals surface area (Å²) >= 11 is 5.82. The lowest BCUT2D eigenvalue weighted by Gasteiger charge is -1.94. The van der Waals surface area contributed by atoms with Crippen LogP contribution >= 0.6 is 11.6 Å². The summed E-state index contributed by atoms with van der Waals surface area (Å²) in [5.74, 6) is 0. The van der Waals surface area contributed by atoms with Gasteiger partial charge >= 0.3 is 0 Å². The van der Waals surface area contributed by atoms with E-state index < -0.39 is 0 Å². The standard InChI is InChI=1S/C13H9ClN4/c14-11-7-5-10(6-8-11)9-15-18-13-4-2-1-3-12(13)16-17-18/h1-9H/b15-9+. The van der Waals surface area contributed by atoms with Crippen molar-refractivity contribution in [3.8, 4) is 0 Å². The molecule has 1 heterocycles. The van der Waals surface area contributed by atoms with Gasteiger partial charge in [0.2, 0.25) is 0 Å². The molecule has 0 unspecified atom stereocenters. The molecule has 0 radical (unpaired) electrons. The SMILES string of the molecule is Clc1ccc(/C=N/n2nnc3ccccc32)cc1. The minimum Gasteiger partial charge on any atom is -0.156 e. The number of hydrogen-bond acceptors (Lipinski definition) is 3. The molecule has 0 N–H and O–H groups in total. The zero-order valence-corrected chi connectivity index (χ0v) is 10.1. The van der Waals surface area contributed by atoms with Gasteiger partial charge in [0, 0.05) is 5.02 Å². The van der Waals surface area contributed by atoms with Crippen LogP contribution in [0.3, 0.4) is 0 Å². The first kappa shape index (κ1) is 10.9. The molecular weight excluding hydrogens is 248 g/mol. The van der Waals surface area contributed by atoms with E-state index in [2.05, 4.69) is 15.4 Å². The van der Waals surface area contributed by atoms with Gasteiger partial charge in [-0.1, -0.05) is 35.9 Å². The third-order valence-electron chi connectivity index (χ3n) is 2.52. The third kappa shape index (κ3) is 2.10. The summed E-state index contributed by atoms with van der Waals surface area (Å²) in [7, 11) is 0. The molecule has 3 rings (SSSR count). The lowest BCUT2D eigenvalue weighted by Crippen LogP contribution is -1.92. The highest BCUT2D eigenvalue weighted by Crippen LogP contribution is 2.10. The van der Waals surface area contributed by atoms with Crippen LogP contribution in [0.5, 0.6) is 0 Å². The Balaban J connectivity index is 1.94. The van der Waals surface area contributed by atoms with Gasteiger partial charge in [0.1, 0.15) is 11.0 Å². The fourth-order valence-corrected chi connectivity index (χ4v) is 1.74. The molecule has 0 atom stereocenters. The number of benzene rings is 2. The fourth-order valence-electron chi connectivity index (χ4n) is 1.61. The van der Waals surface area contributed by atoms with Crippen molar-refractivity contribution in [1.82, 2.24) is 15.1 Å². The van der Waals surface area contributed by atoms with E-state index in [0.29, 0.717) is 5.02 Å². The monoisotopic (exact) mass is 256 g/mol. The van der Waals surface area contributed by atoms with Gasteiger partial charge in [0.05, 0.1) is 6.21 Å². The molecule has 0 aliphatic carbocycles. The molecule has 2 aromatic carbocycles. The van der Waals surface area contributed by atoms with Crippen LogP contribution in [-0.4, -0.2) is 21.3 Å². The zero-order valence-electron chi connectivity index (χ0n) is 9.36. The van der Waals surface area contributed by atoms with Crippen LogP contribution in [0.15, 0.2) is 53.6 Å². The number of aromatic nitrogens is 3. The molecule has 0 fully saturated rings. The van der Waals surface area contributed by atoms with Crippen molar-refractivity contribution in [2.75, 3.05) is 0 Å². The molecule has 3 aromatic rings. The Morgan fingerprint density at radius 1 is 1.06 bits per heavy atom. The van der Waals surface area contributed by atoms with E-state index in [-0.39, 0.29) is 0 Å². The van der Waals surface area contributed by atoms with Crippen LogP contribution in [0.4, 0.5) is 0 Å². The first-order valence-electron chi connectivity index (χ1n) is 5.43. The van der Waals surface area contributed by atoms with E-state index in [1.54, 1.807) is 6.21 Å². The second-order valence-corrected chi connectivity index (χ2v) is 4.20. The highest BCUT2D eigenvalue weighted by Gasteiger charge is 2.00. The van der Waals surface area contributed by atoms with E-state index in [1.165, 1.54) is 4.79 Å². The van der Waals surface area contributed by atoms with Gasteiger partial charge < -0.3 is 0 Å². The Morgan fingerprint density at radius 3 is 2.67 bits per heavy atom. The minimum absolute atomic E-state index is 0.707. The Labute approximate surface area is 108 Å². The average molecular weight is 257 g/mol. The molecule has 0 aliphatic rings. The van der Waals surface area contributed by atoms with Crippen LogP contribution in [-0.2, 0) is 0 Å². The summed E-state index contributed by atoms with van der Waals surface area (Å²) in [5, 5.41) is 13.0. The molecule has 88 valence electrons. The second-order valence-electron chi connectivity index (χ2n) is 3.76. The van der Waals surface area contributed by atoms with Crippen LogP contribution in [0.25, 0.3) is 11.0 Å². The molecule has 4 nitrogen and oxygen atoms in total. The molecule has 0 amide bonds. The number of rotatable bonds is 2. The van der Waals surface area contributed by atoms with Crippen LogP contribution in [0.2, 0.25) is 5.02 Å². The second kappa shape index (κ2) is 4.58. The Morgan fingerprint density at radius 2 is 1.83 bits per heavy atom. The van der Waals surface area contributed by atoms with Gasteiger partial charge in [-0.2, -0.15) is 5.10 Å². The smallest absolute Gasteiger partial charge is 0.115 e. The van der Waals surface area contributed by atoms with Crippen molar-refractivity contribution in [2.24, 2.45) is 5.10 Å². The highest BCUT2D eigenvalue weighted by atomic mass is 35.5. The predicted molar refractivity (Wildman–Crippen MR) is 72.0 cm³/mol. The van der Waals surface area contributed by atoms with E-state index in [1.807, 2.05) is 48.5 Å². The molecule has 0 aliphatic heterocycles. The van der Waals surface area contributed by atoms with E-state index in [4.69, 9.17) is 11.6 Å². The van der Waals surface area contributed by atoms with Crippen molar-refractivity contribution in [1.29, 1.82) is 0 Å². The largest absolute Gasteiger partial charge is 0.156 e. The van der Waals surface area contributed by atoms with Crippen molar-refractivity contribution in [2.45, 2.75) is 0 Å². The van der Waals surface area contributed by atoms with Crippen molar-refractivity contribution < 1.29 is 0 Å². The molecule has 1 aromatic heterocycles. The molecule has 0 saturated carbocycles. The minimum atomic E-state index is 0.707. The fraction of sp³-hybridized carbons (Fsp3) is 0. The molecule has 0 bridgehead atoms. The number of nitrogens with zero attached hydrogens (tertiary/aromatic N) is 4. The molecule has 5 heteroatoms. The first-order valence-corrected chi connectivity index (χ1v) is 5.81. The topological polar surface area (TPSA) is 43.1 Å². The van der Waals surface area contributed by atoms with E-state index >= 15 is 0 Å². The number of fused-ring (bicyclic) bond motifs is 1. The average Bonchev–Trinajstić information content (AvgIpc) is 2.82. The summed E-state index contributed by atoms with van der Waals surface area (Å²) in [4.78, 5) is 1.50. The number of para-hydroxylation sites is 1. The van der Waals surface area contributed by atoms with Gasteiger partial charge in [-0.15, -0.1) is 9.89 Å². The van der Waals surface area contributed by atoms with Crippen molar-refractivity contribution in [3.05, 3.63) is 59.1 Å². The molecular formula is C13H9ClN4. The lowest BCUT2D eigenvalue weighted by molar-refractivity contribution is 0.718. The van der Waals surface area contributed by atoms with Gasteiger partial charge in [0.25, 0.3) is 0 Å². The molecule has 0 spiro atoms. The van der Waals surface area contributed by atoms with Crippen LogP contribution in [0, 0.1) is 0 Å². The van der Waals surface area contributed by atoms with Gasteiger partial charge in [-0.25, -0.2) is 0 Å². The van der Waals surface area contributed by atoms with E-state index in [0.717, 1.165) is 16.6 Å². The molecule has 0 saturated heterocycles. The predicted octanol–water partition coefficient (Wildman–Crippen LogP) is 2.97. The maximum atomic E-state index is 5.82. The normalized spacial score (nSPS) is 11.4. The first-order chi connectivity index (χ1) is 8.83.